The van der Waals surface area contributed by atoms with E-state index in [4.69, 9.17) is 4.74 Å². The molecule has 2 N–H and O–H groups in total. The Hall–Kier alpha value is -3.35. The lowest BCUT2D eigenvalue weighted by Gasteiger charge is -2.35. The van der Waals surface area contributed by atoms with Crippen molar-refractivity contribution in [2.24, 2.45) is 0 Å². The number of hydrogen-bond donors (Lipinski definition) is 2. The van der Waals surface area contributed by atoms with Gasteiger partial charge in [-0.15, -0.1) is 0 Å². The second-order valence-corrected chi connectivity index (χ2v) is 12.6. The Kier molecular flexibility index (Phi) is 15.3. The van der Waals surface area contributed by atoms with Crippen LogP contribution < -0.4 is 10.6 Å². The zero-order chi connectivity index (χ0) is 31.8. The van der Waals surface area contributed by atoms with E-state index in [1.165, 1.54) is 0 Å². The molecule has 2 atom stereocenters. The van der Waals surface area contributed by atoms with Crippen molar-refractivity contribution in [3.63, 3.8) is 0 Å². The summed E-state index contributed by atoms with van der Waals surface area (Å²) in [5.74, 6) is -0.492. The summed E-state index contributed by atoms with van der Waals surface area (Å²) in [6.45, 7) is 14.7. The number of carbonyl (C=O) groups is 3. The molecule has 2 aromatic carbocycles. The number of carbonyl (C=O) groups excluding carboxylic acids is 3. The molecule has 7 nitrogen and oxygen atoms in total. The highest BCUT2D eigenvalue weighted by molar-refractivity contribution is 5.92. The molecule has 0 aromatic heterocycles. The molecule has 0 saturated carbocycles. The predicted octanol–water partition coefficient (Wildman–Crippen LogP) is 7.59. The van der Waals surface area contributed by atoms with Gasteiger partial charge >= 0.3 is 6.09 Å². The summed E-state index contributed by atoms with van der Waals surface area (Å²) in [6.07, 6.45) is 7.61. The van der Waals surface area contributed by atoms with Gasteiger partial charge in [-0.1, -0.05) is 101 Å². The van der Waals surface area contributed by atoms with Crippen LogP contribution in [0.2, 0.25) is 0 Å². The summed E-state index contributed by atoms with van der Waals surface area (Å²) in [5.41, 5.74) is 3.14. The van der Waals surface area contributed by atoms with Crippen LogP contribution in [0.25, 0.3) is 0 Å². The van der Waals surface area contributed by atoms with E-state index in [1.54, 1.807) is 25.7 Å². The number of ether oxygens (including phenoxy) is 1. The fourth-order valence-electron chi connectivity index (χ4n) is 5.04. The number of nitrogens with one attached hydrogen (secondary N) is 2. The number of hydrogen-bond acceptors (Lipinski definition) is 4. The third-order valence-electron chi connectivity index (χ3n) is 7.54. The topological polar surface area (TPSA) is 87.7 Å². The standard InChI is InChI=1S/C36H55N3O4/c1-8-10-12-13-18-24-39(32(33(40)37-23-17-11-9-2)30-22-21-27(3)28(4)25-30)34(41)31(26-29-19-15-14-16-20-29)38-35(42)43-36(5,6)7/h14-16,19-22,25,31-32H,8-13,17-18,23-24,26H2,1-7H3,(H,37,40)(H,38,42). The monoisotopic (exact) mass is 593 g/mol. The third kappa shape index (κ3) is 12.8. The maximum Gasteiger partial charge on any atom is 0.408 e. The van der Waals surface area contributed by atoms with Crippen LogP contribution in [0.15, 0.2) is 48.5 Å². The van der Waals surface area contributed by atoms with Gasteiger partial charge in [0, 0.05) is 19.5 Å². The number of rotatable bonds is 17. The SMILES string of the molecule is CCCCCCCN(C(=O)C(Cc1ccccc1)NC(=O)OC(C)(C)C)C(C(=O)NCCCCC)c1ccc(C)c(C)c1. The van der Waals surface area contributed by atoms with Crippen molar-refractivity contribution in [1.82, 2.24) is 15.5 Å². The Balaban J connectivity index is 2.53. The van der Waals surface area contributed by atoms with Crippen LogP contribution in [0, 0.1) is 13.8 Å². The van der Waals surface area contributed by atoms with Gasteiger partial charge in [0.1, 0.15) is 17.7 Å². The molecule has 0 aliphatic carbocycles. The molecule has 7 heteroatoms. The fourth-order valence-corrected chi connectivity index (χ4v) is 5.04. The van der Waals surface area contributed by atoms with E-state index < -0.39 is 23.8 Å². The second kappa shape index (κ2) is 18.3. The zero-order valence-electron chi connectivity index (χ0n) is 27.6. The lowest BCUT2D eigenvalue weighted by Crippen LogP contribution is -2.54. The summed E-state index contributed by atoms with van der Waals surface area (Å²) < 4.78 is 5.56. The molecule has 2 rings (SSSR count). The lowest BCUT2D eigenvalue weighted by molar-refractivity contribution is -0.142. The van der Waals surface area contributed by atoms with E-state index in [-0.39, 0.29) is 18.2 Å². The van der Waals surface area contributed by atoms with E-state index >= 15 is 0 Å². The van der Waals surface area contributed by atoms with Crippen molar-refractivity contribution in [2.75, 3.05) is 13.1 Å². The summed E-state index contributed by atoms with van der Waals surface area (Å²) >= 11 is 0. The number of amides is 3. The quantitative estimate of drug-likeness (QED) is 0.185. The average molecular weight is 594 g/mol. The molecule has 43 heavy (non-hydrogen) atoms. The van der Waals surface area contributed by atoms with E-state index in [1.807, 2.05) is 62.4 Å². The number of alkyl carbamates (subject to hydrolysis) is 1. The highest BCUT2D eigenvalue weighted by Gasteiger charge is 2.36. The first kappa shape index (κ1) is 35.8. The molecule has 2 unspecified atom stereocenters. The van der Waals surface area contributed by atoms with Gasteiger partial charge in [-0.2, -0.15) is 0 Å². The molecule has 0 aliphatic rings. The van der Waals surface area contributed by atoms with Crippen LogP contribution in [-0.2, 0) is 20.7 Å². The van der Waals surface area contributed by atoms with Crippen molar-refractivity contribution in [1.29, 1.82) is 0 Å². The van der Waals surface area contributed by atoms with Crippen LogP contribution in [0.1, 0.15) is 114 Å². The van der Waals surface area contributed by atoms with E-state index in [9.17, 15) is 14.4 Å². The van der Waals surface area contributed by atoms with Gasteiger partial charge < -0.3 is 20.3 Å². The fraction of sp³-hybridized carbons (Fsp3) is 0.583. The first-order valence-corrected chi connectivity index (χ1v) is 16.2. The molecular formula is C36H55N3O4. The zero-order valence-corrected chi connectivity index (χ0v) is 27.6. The number of unbranched alkanes of at least 4 members (excludes halogenated alkanes) is 6. The Bertz CT molecular complexity index is 1140. The van der Waals surface area contributed by atoms with E-state index in [0.29, 0.717) is 13.1 Å². The van der Waals surface area contributed by atoms with Gasteiger partial charge in [-0.3, -0.25) is 9.59 Å². The van der Waals surface area contributed by atoms with Crippen molar-refractivity contribution >= 4 is 17.9 Å². The summed E-state index contributed by atoms with van der Waals surface area (Å²) in [7, 11) is 0. The van der Waals surface area contributed by atoms with Crippen LogP contribution in [0.4, 0.5) is 4.79 Å². The van der Waals surface area contributed by atoms with Crippen molar-refractivity contribution < 1.29 is 19.1 Å². The Labute approximate surface area is 260 Å². The molecule has 0 bridgehead atoms. The normalized spacial score (nSPS) is 12.7. The summed E-state index contributed by atoms with van der Waals surface area (Å²) in [6, 6.07) is 13.9. The van der Waals surface area contributed by atoms with Crippen LogP contribution >= 0.6 is 0 Å². The Morgan fingerprint density at radius 2 is 1.49 bits per heavy atom. The molecule has 2 aromatic rings. The van der Waals surface area contributed by atoms with Crippen molar-refractivity contribution in [2.45, 2.75) is 124 Å². The van der Waals surface area contributed by atoms with Crippen LogP contribution in [0.3, 0.4) is 0 Å². The largest absolute Gasteiger partial charge is 0.444 e. The first-order chi connectivity index (χ1) is 20.5. The maximum absolute atomic E-state index is 14.6. The van der Waals surface area contributed by atoms with Gasteiger partial charge in [0.2, 0.25) is 11.8 Å². The third-order valence-corrected chi connectivity index (χ3v) is 7.54. The first-order valence-electron chi connectivity index (χ1n) is 16.2. The molecule has 3 amide bonds. The van der Waals surface area contributed by atoms with E-state index in [0.717, 1.165) is 73.6 Å². The maximum atomic E-state index is 14.6. The van der Waals surface area contributed by atoms with Gasteiger partial charge in [-0.25, -0.2) is 4.79 Å². The minimum absolute atomic E-state index is 0.197. The predicted molar refractivity (Wildman–Crippen MR) is 175 cm³/mol. The van der Waals surface area contributed by atoms with Crippen LogP contribution in [-0.4, -0.2) is 47.5 Å². The number of benzene rings is 2. The highest BCUT2D eigenvalue weighted by atomic mass is 16.6. The summed E-state index contributed by atoms with van der Waals surface area (Å²) in [5, 5.41) is 5.97. The Morgan fingerprint density at radius 3 is 2.12 bits per heavy atom. The minimum Gasteiger partial charge on any atom is -0.444 e. The molecular weight excluding hydrogens is 538 g/mol. The summed E-state index contributed by atoms with van der Waals surface area (Å²) in [4.78, 5) is 43.2. The second-order valence-electron chi connectivity index (χ2n) is 12.6. The number of nitrogens with zero attached hydrogens (tertiary/aromatic N) is 1. The minimum atomic E-state index is -0.908. The molecule has 0 saturated heterocycles. The molecule has 0 fully saturated rings. The Morgan fingerprint density at radius 1 is 0.837 bits per heavy atom. The highest BCUT2D eigenvalue weighted by Crippen LogP contribution is 2.26. The van der Waals surface area contributed by atoms with Gasteiger partial charge in [0.05, 0.1) is 0 Å². The van der Waals surface area contributed by atoms with Gasteiger partial charge in [-0.05, 0) is 69.7 Å². The van der Waals surface area contributed by atoms with Crippen molar-refractivity contribution in [3.05, 3.63) is 70.8 Å². The van der Waals surface area contributed by atoms with Crippen molar-refractivity contribution in [3.8, 4) is 0 Å². The lowest BCUT2D eigenvalue weighted by atomic mass is 9.97. The van der Waals surface area contributed by atoms with Crippen LogP contribution in [0.5, 0.6) is 0 Å². The number of aryl methyl sites for hydroxylation is 2. The molecule has 0 radical (unpaired) electrons. The smallest absolute Gasteiger partial charge is 0.408 e. The molecule has 0 heterocycles. The van der Waals surface area contributed by atoms with E-state index in [2.05, 4.69) is 24.5 Å². The van der Waals surface area contributed by atoms with Gasteiger partial charge in [0.15, 0.2) is 0 Å². The molecule has 238 valence electrons. The molecule has 0 spiro atoms. The van der Waals surface area contributed by atoms with Gasteiger partial charge in [0.25, 0.3) is 0 Å². The molecule has 0 aliphatic heterocycles. The average Bonchev–Trinajstić information content (AvgIpc) is 2.95.